The molecule has 0 saturated heterocycles. The van der Waals surface area contributed by atoms with Gasteiger partial charge >= 0.3 is 0 Å². The molecule has 0 spiro atoms. The van der Waals surface area contributed by atoms with Crippen LogP contribution in [0.3, 0.4) is 0 Å². The lowest BCUT2D eigenvalue weighted by atomic mass is 10.3. The first-order valence-corrected chi connectivity index (χ1v) is 10.9. The highest BCUT2D eigenvalue weighted by Gasteiger charge is 2.28. The summed E-state index contributed by atoms with van der Waals surface area (Å²) < 4.78 is 18.0. The summed E-state index contributed by atoms with van der Waals surface area (Å²) in [5, 5.41) is 13.3. The third kappa shape index (κ3) is 3.50. The lowest BCUT2D eigenvalue weighted by molar-refractivity contribution is 0.102. The van der Waals surface area contributed by atoms with Crippen molar-refractivity contribution in [3.63, 3.8) is 0 Å². The van der Waals surface area contributed by atoms with Gasteiger partial charge in [0.2, 0.25) is 0 Å². The van der Waals surface area contributed by atoms with Crippen molar-refractivity contribution in [1.82, 2.24) is 34.3 Å². The van der Waals surface area contributed by atoms with E-state index in [2.05, 4.69) is 30.5 Å². The van der Waals surface area contributed by atoms with Gasteiger partial charge in [0.25, 0.3) is 5.91 Å². The highest BCUT2D eigenvalue weighted by molar-refractivity contribution is 7.13. The number of nitrogens with one attached hydrogen (secondary N) is 1. The Morgan fingerprint density at radius 1 is 1.19 bits per heavy atom. The van der Waals surface area contributed by atoms with E-state index in [4.69, 9.17) is 0 Å². The fourth-order valence-corrected chi connectivity index (χ4v) is 4.18. The van der Waals surface area contributed by atoms with E-state index in [1.807, 2.05) is 4.57 Å². The highest BCUT2D eigenvalue weighted by atomic mass is 32.1. The zero-order valence-electron chi connectivity index (χ0n) is 16.3. The largest absolute Gasteiger partial charge is 0.308 e. The van der Waals surface area contributed by atoms with Crippen molar-refractivity contribution in [2.75, 3.05) is 5.32 Å². The molecule has 9 nitrogen and oxygen atoms in total. The normalized spacial score (nSPS) is 15.9. The molecule has 1 N–H and O–H groups in total. The van der Waals surface area contributed by atoms with Gasteiger partial charge in [-0.3, -0.25) is 4.79 Å². The van der Waals surface area contributed by atoms with Gasteiger partial charge in [-0.05, 0) is 31.7 Å². The summed E-state index contributed by atoms with van der Waals surface area (Å²) in [6.45, 7) is 0. The fourth-order valence-electron chi connectivity index (χ4n) is 3.44. The number of carbonyl (C=O) groups is 1. The van der Waals surface area contributed by atoms with Crippen LogP contribution in [0.15, 0.2) is 36.5 Å². The van der Waals surface area contributed by atoms with Gasteiger partial charge in [0.1, 0.15) is 17.8 Å². The number of pyridine rings is 1. The number of halogens is 1. The second-order valence-corrected chi connectivity index (χ2v) is 8.64. The summed E-state index contributed by atoms with van der Waals surface area (Å²) in [5.74, 6) is 0.554. The molecule has 2 aliphatic rings. The van der Waals surface area contributed by atoms with Crippen LogP contribution in [0.25, 0.3) is 16.5 Å². The van der Waals surface area contributed by atoms with Crippen LogP contribution in [0.5, 0.6) is 0 Å². The van der Waals surface area contributed by atoms with Crippen LogP contribution in [0, 0.1) is 5.82 Å². The molecule has 6 rings (SSSR count). The first kappa shape index (κ1) is 18.3. The van der Waals surface area contributed by atoms with E-state index in [1.54, 1.807) is 28.8 Å². The van der Waals surface area contributed by atoms with Crippen LogP contribution < -0.4 is 5.32 Å². The molecule has 4 heterocycles. The number of anilines is 1. The van der Waals surface area contributed by atoms with Crippen molar-refractivity contribution in [1.29, 1.82) is 0 Å². The Morgan fingerprint density at radius 2 is 2.06 bits per heavy atom. The quantitative estimate of drug-likeness (QED) is 0.495. The summed E-state index contributed by atoms with van der Waals surface area (Å²) in [5.41, 5.74) is 1.26. The lowest BCUT2D eigenvalue weighted by Crippen LogP contribution is -2.15. The molecule has 0 unspecified atom stereocenters. The molecule has 0 atom stereocenters. The van der Waals surface area contributed by atoms with E-state index in [0.717, 1.165) is 37.6 Å². The minimum atomic E-state index is -0.522. The van der Waals surface area contributed by atoms with E-state index < -0.39 is 11.7 Å². The molecule has 156 valence electrons. The average Bonchev–Trinajstić information content (AvgIpc) is 3.65. The number of thiazole rings is 1. The molecule has 0 aromatic carbocycles. The van der Waals surface area contributed by atoms with Gasteiger partial charge in [-0.25, -0.2) is 19.3 Å². The van der Waals surface area contributed by atoms with Crippen LogP contribution in [-0.4, -0.2) is 40.2 Å². The lowest BCUT2D eigenvalue weighted by Gasteiger charge is -2.07. The Kier molecular flexibility index (Phi) is 4.16. The van der Waals surface area contributed by atoms with Crippen molar-refractivity contribution in [2.24, 2.45) is 0 Å². The van der Waals surface area contributed by atoms with E-state index in [9.17, 15) is 9.18 Å². The number of imidazole rings is 1. The SMILES string of the molecule is O=C(Nc1csc(-c2nncn2C2CC2)n1)c1cc(-n2cnc(C3CC3)c2)c(F)cn1. The van der Waals surface area contributed by atoms with Gasteiger partial charge in [0.05, 0.1) is 23.9 Å². The number of aromatic nitrogens is 7. The summed E-state index contributed by atoms with van der Waals surface area (Å²) in [7, 11) is 0. The van der Waals surface area contributed by atoms with Gasteiger partial charge < -0.3 is 14.5 Å². The fraction of sp³-hybridized carbons (Fsp3) is 0.300. The monoisotopic (exact) mass is 436 g/mol. The smallest absolute Gasteiger partial charge is 0.275 e. The van der Waals surface area contributed by atoms with Crippen molar-refractivity contribution >= 4 is 23.1 Å². The second-order valence-electron chi connectivity index (χ2n) is 7.79. The highest BCUT2D eigenvalue weighted by Crippen LogP contribution is 2.39. The minimum Gasteiger partial charge on any atom is -0.308 e. The van der Waals surface area contributed by atoms with Gasteiger partial charge in [-0.15, -0.1) is 21.5 Å². The standard InChI is InChI=1S/C20H17FN8OS/c21-13-6-22-14(5-16(13)28-7-15(23-9-28)11-1-2-11)19(30)25-17-8-31-20(26-17)18-27-24-10-29(18)12-3-4-12/h5-12H,1-4H2,(H,25,30). The summed E-state index contributed by atoms with van der Waals surface area (Å²) in [4.78, 5) is 25.5. The molecular formula is C20H17FN8OS. The topological polar surface area (TPSA) is 103 Å². The first-order valence-electron chi connectivity index (χ1n) is 10.0. The molecule has 2 saturated carbocycles. The van der Waals surface area contributed by atoms with Gasteiger partial charge in [-0.1, -0.05) is 0 Å². The molecule has 4 aromatic rings. The molecule has 11 heteroatoms. The van der Waals surface area contributed by atoms with Crippen LogP contribution >= 0.6 is 11.3 Å². The Bertz CT molecular complexity index is 1290. The van der Waals surface area contributed by atoms with Gasteiger partial charge in [-0.2, -0.15) is 0 Å². The van der Waals surface area contributed by atoms with Gasteiger partial charge in [0, 0.05) is 23.5 Å². The van der Waals surface area contributed by atoms with Crippen molar-refractivity contribution in [3.8, 4) is 16.5 Å². The Balaban J connectivity index is 1.22. The molecule has 0 radical (unpaired) electrons. The first-order chi connectivity index (χ1) is 15.2. The third-order valence-corrected chi connectivity index (χ3v) is 6.23. The van der Waals surface area contributed by atoms with E-state index in [1.165, 1.54) is 17.4 Å². The number of nitrogens with zero attached hydrogens (tertiary/aromatic N) is 7. The Labute approximate surface area is 180 Å². The van der Waals surface area contributed by atoms with Crippen LogP contribution in [0.2, 0.25) is 0 Å². The summed E-state index contributed by atoms with van der Waals surface area (Å²) in [6, 6.07) is 1.84. The van der Waals surface area contributed by atoms with Crippen LogP contribution in [-0.2, 0) is 0 Å². The maximum atomic E-state index is 14.4. The maximum absolute atomic E-state index is 14.4. The second kappa shape index (κ2) is 7.05. The minimum absolute atomic E-state index is 0.0915. The van der Waals surface area contributed by atoms with Crippen LogP contribution in [0.4, 0.5) is 10.2 Å². The molecule has 0 bridgehead atoms. The Hall–Kier alpha value is -3.47. The summed E-state index contributed by atoms with van der Waals surface area (Å²) in [6.07, 6.45) is 10.6. The van der Waals surface area contributed by atoms with Crippen molar-refractivity contribution in [3.05, 3.63) is 53.7 Å². The summed E-state index contributed by atoms with van der Waals surface area (Å²) >= 11 is 1.38. The number of amides is 1. The third-order valence-electron chi connectivity index (χ3n) is 5.39. The van der Waals surface area contributed by atoms with Crippen LogP contribution in [0.1, 0.15) is 53.8 Å². The predicted molar refractivity (Wildman–Crippen MR) is 111 cm³/mol. The molecule has 4 aromatic heterocycles. The molecule has 31 heavy (non-hydrogen) atoms. The molecule has 2 aliphatic carbocycles. The number of carbonyl (C=O) groups excluding carboxylic acids is 1. The average molecular weight is 436 g/mol. The molecule has 1 amide bonds. The van der Waals surface area contributed by atoms with Crippen molar-refractivity contribution in [2.45, 2.75) is 37.6 Å². The molecule has 2 fully saturated rings. The van der Waals surface area contributed by atoms with Gasteiger partial charge in [0.15, 0.2) is 16.6 Å². The van der Waals surface area contributed by atoms with Crippen molar-refractivity contribution < 1.29 is 9.18 Å². The zero-order valence-corrected chi connectivity index (χ0v) is 17.1. The zero-order chi connectivity index (χ0) is 20.9. The number of rotatable bonds is 6. The Morgan fingerprint density at radius 3 is 2.87 bits per heavy atom. The maximum Gasteiger partial charge on any atom is 0.275 e. The molecular weight excluding hydrogens is 419 g/mol. The number of hydrogen-bond acceptors (Lipinski definition) is 7. The van der Waals surface area contributed by atoms with E-state index in [-0.39, 0.29) is 11.4 Å². The van der Waals surface area contributed by atoms with E-state index >= 15 is 0 Å². The number of hydrogen-bond donors (Lipinski definition) is 1. The predicted octanol–water partition coefficient (Wildman–Crippen LogP) is 3.59. The molecule has 0 aliphatic heterocycles. The van der Waals surface area contributed by atoms with E-state index in [0.29, 0.717) is 28.6 Å².